The largest absolute Gasteiger partial charge is 0.329 e. The highest BCUT2D eigenvalue weighted by atomic mass is 16.2. The number of carbonyl (C=O) groups is 3. The van der Waals surface area contributed by atoms with Crippen molar-refractivity contribution in [2.24, 2.45) is 4.99 Å². The van der Waals surface area contributed by atoms with Crippen LogP contribution in [0.1, 0.15) is 44.1 Å². The SMILES string of the molecule is O=C(CCCN1C(=O)NC2(CCCC2)C1=O)N=c1ccccn1Cc1ccccc1. The van der Waals surface area contributed by atoms with Gasteiger partial charge in [-0.3, -0.25) is 14.5 Å². The maximum atomic E-state index is 12.7. The van der Waals surface area contributed by atoms with Gasteiger partial charge in [-0.05, 0) is 37.0 Å². The number of rotatable bonds is 6. The average Bonchev–Trinajstić information content (AvgIpc) is 3.30. The Kier molecular flexibility index (Phi) is 5.79. The van der Waals surface area contributed by atoms with Gasteiger partial charge >= 0.3 is 6.03 Å². The predicted octanol–water partition coefficient (Wildman–Crippen LogP) is 2.61. The molecule has 0 unspecified atom stereocenters. The molecule has 2 aliphatic rings. The van der Waals surface area contributed by atoms with E-state index >= 15 is 0 Å². The van der Waals surface area contributed by atoms with Crippen molar-refractivity contribution in [1.29, 1.82) is 0 Å². The van der Waals surface area contributed by atoms with Crippen molar-refractivity contribution in [2.45, 2.75) is 50.6 Å². The summed E-state index contributed by atoms with van der Waals surface area (Å²) in [6, 6.07) is 15.2. The van der Waals surface area contributed by atoms with Gasteiger partial charge in [0.1, 0.15) is 11.0 Å². The van der Waals surface area contributed by atoms with E-state index in [0.717, 1.165) is 18.4 Å². The third kappa shape index (κ3) is 4.20. The second-order valence-corrected chi connectivity index (χ2v) is 7.96. The Bertz CT molecular complexity index is 1010. The number of benzene rings is 1. The molecule has 1 aromatic carbocycles. The minimum absolute atomic E-state index is 0.141. The molecule has 0 bridgehead atoms. The lowest BCUT2D eigenvalue weighted by atomic mass is 9.98. The zero-order valence-electron chi connectivity index (χ0n) is 16.9. The summed E-state index contributed by atoms with van der Waals surface area (Å²) in [5.74, 6) is -0.399. The Morgan fingerprint density at radius 3 is 2.53 bits per heavy atom. The van der Waals surface area contributed by atoms with E-state index in [1.165, 1.54) is 4.90 Å². The number of hydrogen-bond acceptors (Lipinski definition) is 3. The molecule has 7 heteroatoms. The van der Waals surface area contributed by atoms with E-state index in [0.29, 0.717) is 31.3 Å². The third-order valence-electron chi connectivity index (χ3n) is 5.83. The topological polar surface area (TPSA) is 83.8 Å². The first kappa shape index (κ1) is 20.1. The van der Waals surface area contributed by atoms with E-state index in [9.17, 15) is 14.4 Å². The number of aromatic nitrogens is 1. The third-order valence-corrected chi connectivity index (χ3v) is 5.83. The molecular weight excluding hydrogens is 380 g/mol. The first-order valence-corrected chi connectivity index (χ1v) is 10.5. The van der Waals surface area contributed by atoms with Gasteiger partial charge in [-0.25, -0.2) is 4.79 Å². The van der Waals surface area contributed by atoms with Crippen molar-refractivity contribution in [3.63, 3.8) is 0 Å². The molecule has 4 amide bonds. The summed E-state index contributed by atoms with van der Waals surface area (Å²) >= 11 is 0. The lowest BCUT2D eigenvalue weighted by Gasteiger charge is -2.19. The lowest BCUT2D eigenvalue weighted by Crippen LogP contribution is -2.44. The maximum Gasteiger partial charge on any atom is 0.325 e. The van der Waals surface area contributed by atoms with Gasteiger partial charge in [0.25, 0.3) is 5.91 Å². The minimum atomic E-state index is -0.696. The van der Waals surface area contributed by atoms with Crippen molar-refractivity contribution < 1.29 is 14.4 Å². The fourth-order valence-corrected chi connectivity index (χ4v) is 4.25. The van der Waals surface area contributed by atoms with Crippen LogP contribution in [0.25, 0.3) is 0 Å². The summed E-state index contributed by atoms with van der Waals surface area (Å²) in [7, 11) is 0. The molecule has 1 spiro atoms. The highest BCUT2D eigenvalue weighted by molar-refractivity contribution is 6.07. The quantitative estimate of drug-likeness (QED) is 0.749. The zero-order valence-corrected chi connectivity index (χ0v) is 16.9. The van der Waals surface area contributed by atoms with Gasteiger partial charge in [-0.1, -0.05) is 49.2 Å². The van der Waals surface area contributed by atoms with Crippen LogP contribution in [-0.2, 0) is 16.1 Å². The van der Waals surface area contributed by atoms with Crippen LogP contribution >= 0.6 is 0 Å². The molecule has 0 atom stereocenters. The fourth-order valence-electron chi connectivity index (χ4n) is 4.25. The number of imide groups is 1. The molecule has 1 aromatic heterocycles. The van der Waals surface area contributed by atoms with Gasteiger partial charge in [0.05, 0.1) is 0 Å². The van der Waals surface area contributed by atoms with Gasteiger partial charge in [-0.15, -0.1) is 0 Å². The van der Waals surface area contributed by atoms with E-state index < -0.39 is 5.54 Å². The molecule has 1 saturated carbocycles. The summed E-state index contributed by atoms with van der Waals surface area (Å²) in [5.41, 5.74) is 1.02. The number of nitrogens with one attached hydrogen (secondary N) is 1. The summed E-state index contributed by atoms with van der Waals surface area (Å²) in [6.07, 6.45) is 5.81. The Morgan fingerprint density at radius 1 is 1.03 bits per heavy atom. The number of hydrogen-bond donors (Lipinski definition) is 1. The van der Waals surface area contributed by atoms with Gasteiger partial charge in [0.2, 0.25) is 5.91 Å². The molecule has 7 nitrogen and oxygen atoms in total. The van der Waals surface area contributed by atoms with Gasteiger partial charge < -0.3 is 9.88 Å². The van der Waals surface area contributed by atoms with Crippen LogP contribution in [0.2, 0.25) is 0 Å². The first-order valence-electron chi connectivity index (χ1n) is 10.5. The molecule has 1 saturated heterocycles. The normalized spacial score (nSPS) is 18.3. The van der Waals surface area contributed by atoms with Gasteiger partial charge in [-0.2, -0.15) is 4.99 Å². The van der Waals surface area contributed by atoms with Crippen molar-refractivity contribution >= 4 is 17.8 Å². The Labute approximate surface area is 175 Å². The van der Waals surface area contributed by atoms with E-state index in [4.69, 9.17) is 0 Å². The van der Waals surface area contributed by atoms with Crippen LogP contribution in [0, 0.1) is 0 Å². The first-order chi connectivity index (χ1) is 14.6. The maximum absolute atomic E-state index is 12.7. The summed E-state index contributed by atoms with van der Waals surface area (Å²) < 4.78 is 1.93. The average molecular weight is 406 g/mol. The van der Waals surface area contributed by atoms with Crippen LogP contribution in [0.3, 0.4) is 0 Å². The van der Waals surface area contributed by atoms with Crippen molar-refractivity contribution in [3.05, 3.63) is 65.8 Å². The van der Waals surface area contributed by atoms with Crippen LogP contribution in [0.15, 0.2) is 59.7 Å². The second kappa shape index (κ2) is 8.65. The molecule has 2 aromatic rings. The highest BCUT2D eigenvalue weighted by Crippen LogP contribution is 2.35. The lowest BCUT2D eigenvalue weighted by molar-refractivity contribution is -0.131. The van der Waals surface area contributed by atoms with Gasteiger partial charge in [0.15, 0.2) is 0 Å². The van der Waals surface area contributed by atoms with E-state index in [1.807, 2.05) is 59.3 Å². The highest BCUT2D eigenvalue weighted by Gasteiger charge is 2.51. The predicted molar refractivity (Wildman–Crippen MR) is 111 cm³/mol. The number of amides is 4. The van der Waals surface area contributed by atoms with E-state index in [1.54, 1.807) is 0 Å². The van der Waals surface area contributed by atoms with Crippen molar-refractivity contribution in [2.75, 3.05) is 6.54 Å². The fraction of sp³-hybridized carbons (Fsp3) is 0.391. The number of pyridine rings is 1. The summed E-state index contributed by atoms with van der Waals surface area (Å²) in [6.45, 7) is 0.866. The second-order valence-electron chi connectivity index (χ2n) is 7.96. The molecule has 4 rings (SSSR count). The van der Waals surface area contributed by atoms with Crippen LogP contribution in [0.5, 0.6) is 0 Å². The number of nitrogens with zero attached hydrogens (tertiary/aromatic N) is 3. The van der Waals surface area contributed by atoms with E-state index in [-0.39, 0.29) is 30.8 Å². The van der Waals surface area contributed by atoms with Crippen LogP contribution < -0.4 is 10.8 Å². The monoisotopic (exact) mass is 406 g/mol. The molecule has 156 valence electrons. The molecule has 1 N–H and O–H groups in total. The molecule has 2 heterocycles. The molecule has 30 heavy (non-hydrogen) atoms. The van der Waals surface area contributed by atoms with Crippen molar-refractivity contribution in [3.8, 4) is 0 Å². The molecule has 1 aliphatic heterocycles. The molecular formula is C23H26N4O3. The van der Waals surface area contributed by atoms with Crippen molar-refractivity contribution in [1.82, 2.24) is 14.8 Å². The molecule has 2 fully saturated rings. The minimum Gasteiger partial charge on any atom is -0.329 e. The zero-order chi connectivity index (χ0) is 21.0. The standard InChI is InChI=1S/C23H26N4O3/c28-20(12-8-16-27-21(29)23(25-22(27)30)13-5-6-14-23)24-19-11-4-7-15-26(19)17-18-9-2-1-3-10-18/h1-4,7,9-11,15H,5-6,8,12-14,16-17H2,(H,25,30). The summed E-state index contributed by atoms with van der Waals surface area (Å²) in [5, 5.41) is 2.86. The van der Waals surface area contributed by atoms with E-state index in [2.05, 4.69) is 10.3 Å². The molecule has 0 radical (unpaired) electrons. The smallest absolute Gasteiger partial charge is 0.325 e. The Morgan fingerprint density at radius 2 is 1.77 bits per heavy atom. The molecule has 1 aliphatic carbocycles. The van der Waals surface area contributed by atoms with Crippen LogP contribution in [-0.4, -0.2) is 39.4 Å². The number of carbonyl (C=O) groups excluding carboxylic acids is 3. The van der Waals surface area contributed by atoms with Gasteiger partial charge in [0, 0.05) is 25.7 Å². The Hall–Kier alpha value is -3.22. The summed E-state index contributed by atoms with van der Waals surface area (Å²) in [4.78, 5) is 42.8. The number of urea groups is 1. The van der Waals surface area contributed by atoms with Crippen LogP contribution in [0.4, 0.5) is 4.79 Å². The Balaban J connectivity index is 1.37.